The second-order valence-corrected chi connectivity index (χ2v) is 5.46. The molecule has 0 atom stereocenters. The monoisotopic (exact) mass is 333 g/mol. The van der Waals surface area contributed by atoms with Crippen LogP contribution >= 0.6 is 0 Å². The second kappa shape index (κ2) is 8.38. The summed E-state index contributed by atoms with van der Waals surface area (Å²) in [5.41, 5.74) is 0.822. The summed E-state index contributed by atoms with van der Waals surface area (Å²) >= 11 is 0. The maximum atomic E-state index is 12.1. The van der Waals surface area contributed by atoms with E-state index in [9.17, 15) is 9.59 Å². The molecule has 0 spiro atoms. The van der Waals surface area contributed by atoms with Gasteiger partial charge < -0.3 is 14.2 Å². The molecule has 0 unspecified atom stereocenters. The number of rotatable bonds is 6. The number of benzene rings is 1. The van der Waals surface area contributed by atoms with Crippen LogP contribution in [0.2, 0.25) is 0 Å². The van der Waals surface area contributed by atoms with Crippen LogP contribution in [0.5, 0.6) is 17.2 Å². The van der Waals surface area contributed by atoms with Crippen LogP contribution in [-0.4, -0.2) is 44.6 Å². The van der Waals surface area contributed by atoms with Gasteiger partial charge in [-0.25, -0.2) is 0 Å². The molecule has 0 radical (unpaired) electrons. The molecule has 1 aliphatic rings. The molecular formula is C18H23NO5. The van der Waals surface area contributed by atoms with E-state index < -0.39 is 0 Å². The number of hydrogen-bond acceptors (Lipinski definition) is 5. The van der Waals surface area contributed by atoms with Crippen molar-refractivity contribution in [3.8, 4) is 17.2 Å². The number of carbonyl (C=O) groups is 2. The molecule has 0 aromatic heterocycles. The van der Waals surface area contributed by atoms with Gasteiger partial charge in [0.2, 0.25) is 17.6 Å². The molecule has 0 saturated carbocycles. The van der Waals surface area contributed by atoms with E-state index in [4.69, 9.17) is 14.2 Å². The third-order valence-electron chi connectivity index (χ3n) is 3.91. The summed E-state index contributed by atoms with van der Waals surface area (Å²) in [5.74, 6) is 1.38. The summed E-state index contributed by atoms with van der Waals surface area (Å²) in [5, 5.41) is 0. The topological polar surface area (TPSA) is 65.1 Å². The van der Waals surface area contributed by atoms with Crippen LogP contribution in [0.25, 0.3) is 6.08 Å². The van der Waals surface area contributed by atoms with Crippen molar-refractivity contribution in [3.63, 3.8) is 0 Å². The highest BCUT2D eigenvalue weighted by atomic mass is 16.5. The molecule has 0 bridgehead atoms. The molecule has 1 aromatic rings. The van der Waals surface area contributed by atoms with Crippen LogP contribution in [0.1, 0.15) is 31.2 Å². The maximum Gasteiger partial charge on any atom is 0.232 e. The fourth-order valence-electron chi connectivity index (χ4n) is 2.67. The normalized spacial score (nSPS) is 14.8. The van der Waals surface area contributed by atoms with Crippen molar-refractivity contribution in [2.45, 2.75) is 25.7 Å². The molecule has 1 heterocycles. The van der Waals surface area contributed by atoms with Gasteiger partial charge in [0.15, 0.2) is 11.5 Å². The Kier molecular flexibility index (Phi) is 6.23. The molecule has 1 aliphatic heterocycles. The van der Waals surface area contributed by atoms with E-state index in [1.54, 1.807) is 45.6 Å². The first kappa shape index (κ1) is 17.8. The maximum absolute atomic E-state index is 12.1. The lowest BCUT2D eigenvalue weighted by Gasteiger charge is -2.24. The quantitative estimate of drug-likeness (QED) is 0.801. The van der Waals surface area contributed by atoms with E-state index in [2.05, 4.69) is 0 Å². The predicted octanol–water partition coefficient (Wildman–Crippen LogP) is 2.65. The molecular weight excluding hydrogens is 310 g/mol. The summed E-state index contributed by atoms with van der Waals surface area (Å²) in [6.45, 7) is 0.524. The van der Waals surface area contributed by atoms with Gasteiger partial charge in [-0.2, -0.15) is 0 Å². The number of nitrogens with zero attached hydrogens (tertiary/aromatic N) is 1. The zero-order chi connectivity index (χ0) is 17.5. The highest BCUT2D eigenvalue weighted by molar-refractivity contribution is 5.96. The van der Waals surface area contributed by atoms with E-state index in [1.165, 1.54) is 4.90 Å². The number of likely N-dealkylation sites (tertiary alicyclic amines) is 1. The van der Waals surface area contributed by atoms with Gasteiger partial charge in [0.1, 0.15) is 0 Å². The van der Waals surface area contributed by atoms with Crippen LogP contribution in [0.15, 0.2) is 18.2 Å². The number of hydrogen-bond donors (Lipinski definition) is 0. The Hall–Kier alpha value is -2.50. The summed E-state index contributed by atoms with van der Waals surface area (Å²) in [7, 11) is 4.65. The van der Waals surface area contributed by atoms with Crippen LogP contribution in [-0.2, 0) is 9.59 Å². The van der Waals surface area contributed by atoms with Gasteiger partial charge in [0, 0.05) is 19.4 Å². The summed E-state index contributed by atoms with van der Waals surface area (Å²) in [6, 6.07) is 3.60. The van der Waals surface area contributed by atoms with Crippen molar-refractivity contribution < 1.29 is 23.8 Å². The zero-order valence-electron chi connectivity index (χ0n) is 14.3. The lowest BCUT2D eigenvalue weighted by atomic mass is 10.1. The van der Waals surface area contributed by atoms with Crippen molar-refractivity contribution in [1.29, 1.82) is 0 Å². The number of imide groups is 1. The number of ether oxygens (including phenoxy) is 3. The second-order valence-electron chi connectivity index (χ2n) is 5.46. The van der Waals surface area contributed by atoms with Gasteiger partial charge in [-0.3, -0.25) is 14.5 Å². The lowest BCUT2D eigenvalue weighted by Crippen LogP contribution is -2.39. The average molecular weight is 333 g/mol. The van der Waals surface area contributed by atoms with Gasteiger partial charge in [0.05, 0.1) is 21.3 Å². The first-order chi connectivity index (χ1) is 11.6. The number of piperidine rings is 1. The molecule has 0 aliphatic carbocycles. The molecule has 1 saturated heterocycles. The van der Waals surface area contributed by atoms with Crippen molar-refractivity contribution >= 4 is 17.9 Å². The van der Waals surface area contributed by atoms with E-state index in [1.807, 2.05) is 0 Å². The Morgan fingerprint density at radius 2 is 1.79 bits per heavy atom. The van der Waals surface area contributed by atoms with Crippen molar-refractivity contribution in [2.75, 3.05) is 27.9 Å². The van der Waals surface area contributed by atoms with Gasteiger partial charge >= 0.3 is 0 Å². The molecule has 130 valence electrons. The Balaban J connectivity index is 2.08. The van der Waals surface area contributed by atoms with Gasteiger partial charge in [-0.1, -0.05) is 12.2 Å². The van der Waals surface area contributed by atoms with Gasteiger partial charge in [-0.15, -0.1) is 0 Å². The van der Waals surface area contributed by atoms with E-state index >= 15 is 0 Å². The van der Waals surface area contributed by atoms with Crippen LogP contribution in [0.4, 0.5) is 0 Å². The minimum atomic E-state index is -0.164. The first-order valence-corrected chi connectivity index (χ1v) is 7.90. The molecule has 24 heavy (non-hydrogen) atoms. The van der Waals surface area contributed by atoms with E-state index in [-0.39, 0.29) is 18.2 Å². The zero-order valence-corrected chi connectivity index (χ0v) is 14.3. The van der Waals surface area contributed by atoms with E-state index in [0.717, 1.165) is 18.4 Å². The van der Waals surface area contributed by atoms with Crippen LogP contribution in [0.3, 0.4) is 0 Å². The standard InChI is InChI=1S/C18H23NO5/c1-22-14-11-13(12-15(23-2)18(14)24-3)7-6-9-17(21)19-10-5-4-8-16(19)20/h6-7,11-12H,4-5,8-10H2,1-3H3/b7-6+. The smallest absolute Gasteiger partial charge is 0.232 e. The molecule has 1 fully saturated rings. The predicted molar refractivity (Wildman–Crippen MR) is 90.3 cm³/mol. The number of amides is 2. The van der Waals surface area contributed by atoms with E-state index in [0.29, 0.717) is 30.2 Å². The molecule has 6 heteroatoms. The Labute approximate surface area is 142 Å². The number of carbonyl (C=O) groups excluding carboxylic acids is 2. The summed E-state index contributed by atoms with van der Waals surface area (Å²) in [4.78, 5) is 25.2. The minimum absolute atomic E-state index is 0.0764. The molecule has 2 rings (SSSR count). The van der Waals surface area contributed by atoms with Gasteiger partial charge in [0.25, 0.3) is 0 Å². The van der Waals surface area contributed by atoms with Crippen LogP contribution in [0, 0.1) is 0 Å². The summed E-state index contributed by atoms with van der Waals surface area (Å²) in [6.07, 6.45) is 5.93. The Morgan fingerprint density at radius 3 is 2.33 bits per heavy atom. The SMILES string of the molecule is COc1cc(/C=C/CC(=O)N2CCCCC2=O)cc(OC)c1OC. The highest BCUT2D eigenvalue weighted by Gasteiger charge is 2.23. The Morgan fingerprint density at radius 1 is 1.12 bits per heavy atom. The highest BCUT2D eigenvalue weighted by Crippen LogP contribution is 2.38. The minimum Gasteiger partial charge on any atom is -0.493 e. The molecule has 1 aromatic carbocycles. The third-order valence-corrected chi connectivity index (χ3v) is 3.91. The number of methoxy groups -OCH3 is 3. The fraction of sp³-hybridized carbons (Fsp3) is 0.444. The molecule has 6 nitrogen and oxygen atoms in total. The van der Waals surface area contributed by atoms with Gasteiger partial charge in [-0.05, 0) is 30.5 Å². The van der Waals surface area contributed by atoms with Crippen LogP contribution < -0.4 is 14.2 Å². The van der Waals surface area contributed by atoms with Crippen molar-refractivity contribution in [2.24, 2.45) is 0 Å². The van der Waals surface area contributed by atoms with Crippen molar-refractivity contribution in [3.05, 3.63) is 23.8 Å². The first-order valence-electron chi connectivity index (χ1n) is 7.90. The largest absolute Gasteiger partial charge is 0.493 e. The lowest BCUT2D eigenvalue weighted by molar-refractivity contribution is -0.146. The fourth-order valence-corrected chi connectivity index (χ4v) is 2.67. The average Bonchev–Trinajstić information content (AvgIpc) is 2.60. The Bertz CT molecular complexity index is 613. The summed E-state index contributed by atoms with van der Waals surface area (Å²) < 4.78 is 15.9. The van der Waals surface area contributed by atoms with Crippen molar-refractivity contribution in [1.82, 2.24) is 4.90 Å². The molecule has 2 amide bonds. The molecule has 0 N–H and O–H groups in total. The third kappa shape index (κ3) is 4.07.